The van der Waals surface area contributed by atoms with Gasteiger partial charge in [0.2, 0.25) is 5.91 Å². The molecular weight excluding hydrogens is 392 g/mol. The highest BCUT2D eigenvalue weighted by Crippen LogP contribution is 2.56. The van der Waals surface area contributed by atoms with Gasteiger partial charge in [-0.1, -0.05) is 0 Å². The SMILES string of the molecule is CC(=O)n1nc(C(F)(F)C(F)(F)C(F)(F)C(F)(F)F)cc1C(F)(F)F. The van der Waals surface area contributed by atoms with Crippen LogP contribution in [0.4, 0.5) is 52.7 Å². The average molecular weight is 396 g/mol. The fraction of sp³-hybridized carbons (Fsp3) is 0.600. The van der Waals surface area contributed by atoms with Gasteiger partial charge < -0.3 is 0 Å². The summed E-state index contributed by atoms with van der Waals surface area (Å²) >= 11 is 0. The van der Waals surface area contributed by atoms with E-state index >= 15 is 0 Å². The van der Waals surface area contributed by atoms with Crippen LogP contribution in [0.15, 0.2) is 6.07 Å². The second kappa shape index (κ2) is 5.52. The first-order valence-electron chi connectivity index (χ1n) is 5.67. The molecule has 0 radical (unpaired) electrons. The third-order valence-electron chi connectivity index (χ3n) is 2.76. The molecule has 0 aliphatic heterocycles. The van der Waals surface area contributed by atoms with Gasteiger partial charge >= 0.3 is 30.1 Å². The molecule has 1 heterocycles. The van der Waals surface area contributed by atoms with Gasteiger partial charge in [0.05, 0.1) is 0 Å². The van der Waals surface area contributed by atoms with E-state index in [1.807, 2.05) is 0 Å². The van der Waals surface area contributed by atoms with Gasteiger partial charge in [0, 0.05) is 6.92 Å². The van der Waals surface area contributed by atoms with Crippen molar-refractivity contribution in [3.63, 3.8) is 0 Å². The summed E-state index contributed by atoms with van der Waals surface area (Å²) in [6.07, 6.45) is -12.8. The molecule has 0 amide bonds. The van der Waals surface area contributed by atoms with E-state index in [-0.39, 0.29) is 0 Å². The predicted molar refractivity (Wildman–Crippen MR) is 53.4 cm³/mol. The first kappa shape index (κ1) is 21.1. The van der Waals surface area contributed by atoms with Crippen LogP contribution in [-0.4, -0.2) is 33.7 Å². The van der Waals surface area contributed by atoms with Gasteiger partial charge in [-0.3, -0.25) is 4.79 Å². The van der Waals surface area contributed by atoms with Crippen LogP contribution < -0.4 is 0 Å². The third-order valence-corrected chi connectivity index (χ3v) is 2.76. The Kier molecular flexibility index (Phi) is 4.66. The number of aromatic nitrogens is 2. The van der Waals surface area contributed by atoms with Gasteiger partial charge in [0.25, 0.3) is 0 Å². The van der Waals surface area contributed by atoms with E-state index in [0.29, 0.717) is 6.92 Å². The minimum Gasteiger partial charge on any atom is -0.273 e. The molecule has 0 N–H and O–H groups in total. The molecule has 144 valence electrons. The number of hydrogen-bond donors (Lipinski definition) is 0. The molecule has 25 heavy (non-hydrogen) atoms. The molecule has 0 saturated heterocycles. The van der Waals surface area contributed by atoms with Gasteiger partial charge in [0.15, 0.2) is 5.69 Å². The third kappa shape index (κ3) is 3.15. The average Bonchev–Trinajstić information content (AvgIpc) is 2.82. The Morgan fingerprint density at radius 3 is 1.60 bits per heavy atom. The van der Waals surface area contributed by atoms with Crippen LogP contribution in [0.25, 0.3) is 0 Å². The lowest BCUT2D eigenvalue weighted by Gasteiger charge is -2.32. The van der Waals surface area contributed by atoms with Crippen LogP contribution in [0.2, 0.25) is 0 Å². The summed E-state index contributed by atoms with van der Waals surface area (Å²) in [5.41, 5.74) is -5.15. The highest BCUT2D eigenvalue weighted by Gasteiger charge is 2.82. The topological polar surface area (TPSA) is 34.9 Å². The maximum absolute atomic E-state index is 13.5. The van der Waals surface area contributed by atoms with Crippen LogP contribution >= 0.6 is 0 Å². The van der Waals surface area contributed by atoms with Crippen LogP contribution in [0.5, 0.6) is 0 Å². The summed E-state index contributed by atoms with van der Waals surface area (Å²) in [6, 6.07) is -0.915. The molecule has 1 aromatic rings. The van der Waals surface area contributed by atoms with Crippen molar-refractivity contribution in [3.8, 4) is 0 Å². The van der Waals surface area contributed by atoms with E-state index in [9.17, 15) is 57.5 Å². The fourth-order valence-corrected chi connectivity index (χ4v) is 1.51. The summed E-state index contributed by atoms with van der Waals surface area (Å²) in [5, 5.41) is 2.13. The Balaban J connectivity index is 3.62. The van der Waals surface area contributed by atoms with Crippen molar-refractivity contribution in [3.05, 3.63) is 17.5 Å². The molecule has 0 spiro atoms. The molecule has 0 atom stereocenters. The second-order valence-corrected chi connectivity index (χ2v) is 4.56. The smallest absolute Gasteiger partial charge is 0.273 e. The van der Waals surface area contributed by atoms with E-state index in [4.69, 9.17) is 0 Å². The summed E-state index contributed by atoms with van der Waals surface area (Å²) < 4.78 is 151. The molecule has 1 rings (SSSR count). The Bertz CT molecular complexity index is 668. The molecule has 0 bridgehead atoms. The van der Waals surface area contributed by atoms with Crippen LogP contribution in [-0.2, 0) is 12.1 Å². The lowest BCUT2D eigenvalue weighted by atomic mass is 10.0. The Morgan fingerprint density at radius 2 is 1.32 bits per heavy atom. The number of nitrogens with zero attached hydrogens (tertiary/aromatic N) is 2. The van der Waals surface area contributed by atoms with Crippen LogP contribution in [0, 0.1) is 0 Å². The first-order valence-corrected chi connectivity index (χ1v) is 5.67. The van der Waals surface area contributed by atoms with E-state index in [2.05, 4.69) is 5.10 Å². The van der Waals surface area contributed by atoms with E-state index in [1.54, 1.807) is 0 Å². The zero-order chi connectivity index (χ0) is 20.2. The zero-order valence-corrected chi connectivity index (χ0v) is 11.4. The predicted octanol–water partition coefficient (Wildman–Crippen LogP) is 4.49. The van der Waals surface area contributed by atoms with E-state index < -0.39 is 58.2 Å². The van der Waals surface area contributed by atoms with Crippen molar-refractivity contribution in [2.75, 3.05) is 0 Å². The molecule has 0 fully saturated rings. The maximum Gasteiger partial charge on any atom is 0.460 e. The normalized spacial score (nSPS) is 14.8. The molecule has 0 unspecified atom stereocenters. The lowest BCUT2D eigenvalue weighted by molar-refractivity contribution is -0.400. The van der Waals surface area contributed by atoms with Crippen molar-refractivity contribution in [1.29, 1.82) is 0 Å². The first-order chi connectivity index (χ1) is 10.8. The minimum absolute atomic E-state index is 0.326. The van der Waals surface area contributed by atoms with Gasteiger partial charge in [-0.2, -0.15) is 62.5 Å². The number of carbonyl (C=O) groups excluding carboxylic acids is 1. The monoisotopic (exact) mass is 396 g/mol. The Morgan fingerprint density at radius 1 is 0.880 bits per heavy atom. The van der Waals surface area contributed by atoms with Gasteiger partial charge in [-0.05, 0) is 6.07 Å². The van der Waals surface area contributed by atoms with Crippen LogP contribution in [0.1, 0.15) is 23.1 Å². The fourth-order valence-electron chi connectivity index (χ4n) is 1.51. The minimum atomic E-state index is -7.30. The molecule has 1 aromatic heterocycles. The number of halogens is 12. The highest BCUT2D eigenvalue weighted by atomic mass is 19.4. The van der Waals surface area contributed by atoms with Gasteiger partial charge in [-0.15, -0.1) is 0 Å². The van der Waals surface area contributed by atoms with Crippen LogP contribution in [0.3, 0.4) is 0 Å². The van der Waals surface area contributed by atoms with Gasteiger partial charge in [0.1, 0.15) is 5.69 Å². The van der Waals surface area contributed by atoms with Crippen molar-refractivity contribution < 1.29 is 57.5 Å². The quantitative estimate of drug-likeness (QED) is 0.706. The molecule has 0 aliphatic rings. The standard InChI is InChI=1S/C10H4F12N2O/c1-3(25)24-5(7(13,14)15)2-4(23-24)6(11,12)8(16,17)9(18,19)10(20,21)22/h2H,1H3. The number of rotatable bonds is 3. The van der Waals surface area contributed by atoms with Crippen molar-refractivity contribution in [2.45, 2.75) is 37.0 Å². The molecule has 0 aliphatic carbocycles. The summed E-state index contributed by atoms with van der Waals surface area (Å²) in [7, 11) is 0. The van der Waals surface area contributed by atoms with Gasteiger partial charge in [-0.25, -0.2) is 0 Å². The van der Waals surface area contributed by atoms with Crippen molar-refractivity contribution in [2.24, 2.45) is 0 Å². The van der Waals surface area contributed by atoms with E-state index in [1.165, 1.54) is 0 Å². The van der Waals surface area contributed by atoms with Crippen molar-refractivity contribution in [1.82, 2.24) is 9.78 Å². The second-order valence-electron chi connectivity index (χ2n) is 4.56. The molecule has 15 heteroatoms. The number of hydrogen-bond acceptors (Lipinski definition) is 2. The summed E-state index contributed by atoms with van der Waals surface area (Å²) in [5.74, 6) is -22.7. The van der Waals surface area contributed by atoms with E-state index in [0.717, 1.165) is 0 Å². The maximum atomic E-state index is 13.5. The Labute approximate surface area is 129 Å². The zero-order valence-electron chi connectivity index (χ0n) is 11.4. The molecular formula is C10H4F12N2O. The largest absolute Gasteiger partial charge is 0.460 e. The van der Waals surface area contributed by atoms with Crippen molar-refractivity contribution >= 4 is 5.91 Å². The number of carbonyl (C=O) groups is 1. The summed E-state index contributed by atoms with van der Waals surface area (Å²) in [4.78, 5) is 10.9. The lowest BCUT2D eigenvalue weighted by Crippen LogP contribution is -2.59. The Hall–Kier alpha value is -1.96. The number of alkyl halides is 12. The molecule has 3 nitrogen and oxygen atoms in total. The molecule has 0 saturated carbocycles. The summed E-state index contributed by atoms with van der Waals surface area (Å²) in [6.45, 7) is 0.326. The highest BCUT2D eigenvalue weighted by molar-refractivity contribution is 5.76. The molecule has 0 aromatic carbocycles.